The number of hydrogen-bond donors (Lipinski definition) is 1. The van der Waals surface area contributed by atoms with Crippen LogP contribution in [0.15, 0.2) is 77.2 Å². The summed E-state index contributed by atoms with van der Waals surface area (Å²) in [5.41, 5.74) is 2.38. The van der Waals surface area contributed by atoms with Crippen molar-refractivity contribution in [3.8, 4) is 11.4 Å². The van der Waals surface area contributed by atoms with Crippen LogP contribution in [0.25, 0.3) is 5.69 Å². The van der Waals surface area contributed by atoms with Crippen molar-refractivity contribution in [2.75, 3.05) is 11.1 Å². The first-order chi connectivity index (χ1) is 17.4. The van der Waals surface area contributed by atoms with E-state index >= 15 is 0 Å². The molecule has 0 aliphatic carbocycles. The van der Waals surface area contributed by atoms with Gasteiger partial charge >= 0.3 is 0 Å². The van der Waals surface area contributed by atoms with Gasteiger partial charge in [-0.3, -0.25) is 18.8 Å². The second kappa shape index (κ2) is 11.1. The van der Waals surface area contributed by atoms with E-state index < -0.39 is 0 Å². The highest BCUT2D eigenvalue weighted by molar-refractivity contribution is 7.99. The smallest absolute Gasteiger partial charge is 0.295 e. The van der Waals surface area contributed by atoms with E-state index in [0.717, 1.165) is 17.0 Å². The third kappa shape index (κ3) is 5.28. The van der Waals surface area contributed by atoms with E-state index in [4.69, 9.17) is 4.74 Å². The first-order valence-corrected chi connectivity index (χ1v) is 12.4. The van der Waals surface area contributed by atoms with Gasteiger partial charge in [0.2, 0.25) is 5.91 Å². The fraction of sp³-hybridized carbons (Fsp3) is 0.231. The van der Waals surface area contributed by atoms with Gasteiger partial charge in [-0.15, -0.1) is 16.8 Å². The lowest BCUT2D eigenvalue weighted by atomic mass is 10.2. The Balaban J connectivity index is 1.45. The minimum absolute atomic E-state index is 0.0625. The summed E-state index contributed by atoms with van der Waals surface area (Å²) >= 11 is 1.24. The third-order valence-electron chi connectivity index (χ3n) is 5.71. The molecule has 186 valence electrons. The molecule has 0 aliphatic rings. The first kappa shape index (κ1) is 25.1. The molecule has 0 bridgehead atoms. The van der Waals surface area contributed by atoms with E-state index in [-0.39, 0.29) is 29.5 Å². The molecule has 1 amide bonds. The molecule has 4 rings (SSSR count). The van der Waals surface area contributed by atoms with Gasteiger partial charge in [-0.1, -0.05) is 54.2 Å². The van der Waals surface area contributed by atoms with Gasteiger partial charge in [0, 0.05) is 13.6 Å². The van der Waals surface area contributed by atoms with Crippen LogP contribution in [0.2, 0.25) is 0 Å². The number of amides is 1. The molecule has 0 saturated heterocycles. The van der Waals surface area contributed by atoms with Gasteiger partial charge in [0.15, 0.2) is 11.0 Å². The highest BCUT2D eigenvalue weighted by Gasteiger charge is 2.19. The van der Waals surface area contributed by atoms with Crippen molar-refractivity contribution in [2.45, 2.75) is 32.2 Å². The number of aryl methyl sites for hydroxylation is 1. The van der Waals surface area contributed by atoms with Gasteiger partial charge in [0.05, 0.1) is 17.1 Å². The topological polar surface area (TPSA) is 96.0 Å². The molecule has 0 fully saturated rings. The molecular weight excluding hydrogens is 476 g/mol. The molecule has 2 heterocycles. The average molecular weight is 505 g/mol. The molecule has 0 atom stereocenters. The Morgan fingerprint density at radius 1 is 1.11 bits per heavy atom. The van der Waals surface area contributed by atoms with Crippen LogP contribution in [-0.2, 0) is 25.0 Å². The summed E-state index contributed by atoms with van der Waals surface area (Å²) < 4.78 is 11.0. The van der Waals surface area contributed by atoms with Gasteiger partial charge in [0.25, 0.3) is 5.56 Å². The van der Waals surface area contributed by atoms with E-state index in [2.05, 4.69) is 22.1 Å². The van der Waals surface area contributed by atoms with Crippen molar-refractivity contribution >= 4 is 23.4 Å². The number of carbonyl (C=O) groups is 1. The molecule has 2 aromatic heterocycles. The summed E-state index contributed by atoms with van der Waals surface area (Å²) in [7, 11) is 1.78. The number of hydrogen-bond acceptors (Lipinski definition) is 6. The third-order valence-corrected chi connectivity index (χ3v) is 6.67. The maximum atomic E-state index is 13.0. The summed E-state index contributed by atoms with van der Waals surface area (Å²) in [5.74, 6) is 1.16. The molecule has 0 spiro atoms. The van der Waals surface area contributed by atoms with Crippen molar-refractivity contribution < 1.29 is 9.53 Å². The number of thioether (sulfide) groups is 1. The second-order valence-electron chi connectivity index (χ2n) is 8.13. The SMILES string of the molecule is C=CCn1c(COc2ccccc2C)nnc1SCC(=O)Nc1c(C)n(C)n(-c2ccccc2)c1=O. The molecule has 1 N–H and O–H groups in total. The summed E-state index contributed by atoms with van der Waals surface area (Å²) in [6.07, 6.45) is 1.74. The van der Waals surface area contributed by atoms with Gasteiger partial charge in [-0.05, 0) is 37.6 Å². The van der Waals surface area contributed by atoms with Crippen LogP contribution in [0, 0.1) is 13.8 Å². The number of nitrogens with zero attached hydrogens (tertiary/aromatic N) is 5. The second-order valence-corrected chi connectivity index (χ2v) is 9.07. The largest absolute Gasteiger partial charge is 0.485 e. The standard InChI is InChI=1S/C26H28N6O3S/c1-5-15-31-22(16-35-21-14-10-9-11-18(21)2)28-29-26(31)36-17-23(33)27-24-19(3)30(4)32(25(24)34)20-12-7-6-8-13-20/h5-14H,1,15-17H2,2-4H3,(H,27,33). The normalized spacial score (nSPS) is 10.9. The molecular formula is C26H28N6O3S. The lowest BCUT2D eigenvalue weighted by Crippen LogP contribution is -2.23. The summed E-state index contributed by atoms with van der Waals surface area (Å²) in [4.78, 5) is 25.8. The molecule has 0 radical (unpaired) electrons. The number of para-hydroxylation sites is 2. The number of nitrogens with one attached hydrogen (secondary N) is 1. The van der Waals surface area contributed by atoms with Crippen LogP contribution in [0.1, 0.15) is 17.1 Å². The predicted octanol–water partition coefficient (Wildman–Crippen LogP) is 3.88. The number of ether oxygens (including phenoxy) is 1. The molecule has 10 heteroatoms. The van der Waals surface area contributed by atoms with Crippen LogP contribution in [0.3, 0.4) is 0 Å². The molecule has 9 nitrogen and oxygen atoms in total. The molecule has 4 aromatic rings. The minimum Gasteiger partial charge on any atom is -0.485 e. The van der Waals surface area contributed by atoms with Gasteiger partial charge < -0.3 is 10.1 Å². The number of benzene rings is 2. The van der Waals surface area contributed by atoms with Gasteiger partial charge in [-0.25, -0.2) is 4.68 Å². The highest BCUT2D eigenvalue weighted by atomic mass is 32.2. The molecule has 2 aromatic carbocycles. The monoisotopic (exact) mass is 504 g/mol. The zero-order chi connectivity index (χ0) is 25.7. The summed E-state index contributed by atoms with van der Waals surface area (Å²) in [5, 5.41) is 11.8. The fourth-order valence-electron chi connectivity index (χ4n) is 3.72. The van der Waals surface area contributed by atoms with E-state index in [1.54, 1.807) is 24.7 Å². The quantitative estimate of drug-likeness (QED) is 0.260. The Morgan fingerprint density at radius 3 is 2.56 bits per heavy atom. The van der Waals surface area contributed by atoms with Crippen molar-refractivity contribution in [3.05, 3.63) is 94.7 Å². The molecule has 0 aliphatic heterocycles. The zero-order valence-corrected chi connectivity index (χ0v) is 21.3. The number of carbonyl (C=O) groups excluding carboxylic acids is 1. The Bertz CT molecular complexity index is 1440. The van der Waals surface area contributed by atoms with E-state index in [1.165, 1.54) is 16.4 Å². The number of aromatic nitrogens is 5. The van der Waals surface area contributed by atoms with Gasteiger partial charge in [0.1, 0.15) is 18.0 Å². The summed E-state index contributed by atoms with van der Waals surface area (Å²) in [6, 6.07) is 17.0. The number of anilines is 1. The first-order valence-electron chi connectivity index (χ1n) is 11.4. The zero-order valence-electron chi connectivity index (χ0n) is 20.5. The Labute approximate surface area is 213 Å². The number of allylic oxidation sites excluding steroid dienone is 1. The van der Waals surface area contributed by atoms with Crippen molar-refractivity contribution in [1.82, 2.24) is 24.1 Å². The highest BCUT2D eigenvalue weighted by Crippen LogP contribution is 2.21. The van der Waals surface area contributed by atoms with Crippen molar-refractivity contribution in [3.63, 3.8) is 0 Å². The fourth-order valence-corrected chi connectivity index (χ4v) is 4.49. The minimum atomic E-state index is -0.308. The molecule has 0 saturated carbocycles. The summed E-state index contributed by atoms with van der Waals surface area (Å²) in [6.45, 7) is 8.30. The molecule has 36 heavy (non-hydrogen) atoms. The predicted molar refractivity (Wildman–Crippen MR) is 141 cm³/mol. The van der Waals surface area contributed by atoms with Gasteiger partial charge in [-0.2, -0.15) is 0 Å². The van der Waals surface area contributed by atoms with Crippen molar-refractivity contribution in [1.29, 1.82) is 0 Å². The van der Waals surface area contributed by atoms with Crippen LogP contribution in [0.5, 0.6) is 5.75 Å². The van der Waals surface area contributed by atoms with Crippen LogP contribution >= 0.6 is 11.8 Å². The van der Waals surface area contributed by atoms with E-state index in [1.807, 2.05) is 66.1 Å². The lowest BCUT2D eigenvalue weighted by molar-refractivity contribution is -0.113. The average Bonchev–Trinajstić information content (AvgIpc) is 3.36. The Morgan fingerprint density at radius 2 is 1.83 bits per heavy atom. The Hall–Kier alpha value is -4.05. The van der Waals surface area contributed by atoms with Crippen LogP contribution in [0.4, 0.5) is 5.69 Å². The van der Waals surface area contributed by atoms with Crippen molar-refractivity contribution in [2.24, 2.45) is 7.05 Å². The maximum absolute atomic E-state index is 13.0. The van der Waals surface area contributed by atoms with E-state index in [0.29, 0.717) is 23.2 Å². The maximum Gasteiger partial charge on any atom is 0.295 e. The lowest BCUT2D eigenvalue weighted by Gasteiger charge is -2.10. The van der Waals surface area contributed by atoms with E-state index in [9.17, 15) is 9.59 Å². The van der Waals surface area contributed by atoms with Crippen LogP contribution < -0.4 is 15.6 Å². The number of rotatable bonds is 10. The molecule has 0 unspecified atom stereocenters. The Kier molecular flexibility index (Phi) is 7.74. The van der Waals surface area contributed by atoms with Crippen LogP contribution in [-0.4, -0.2) is 35.8 Å².